The molecule has 8 heavy (non-hydrogen) atoms. The average Bonchev–Trinajstić information content (AvgIpc) is 1.77. The lowest BCUT2D eigenvalue weighted by molar-refractivity contribution is -0.683. The first-order valence-electron chi connectivity index (χ1n) is 2.63. The Morgan fingerprint density at radius 1 is 0.750 bits per heavy atom. The molecule has 0 N–H and O–H groups in total. The van der Waals surface area contributed by atoms with Crippen LogP contribution < -0.4 is 0 Å². The van der Waals surface area contributed by atoms with Gasteiger partial charge in [0.05, 0.1) is 0 Å². The molecule has 44 valence electrons. The monoisotopic (exact) mass is 116 g/mol. The highest BCUT2D eigenvalue weighted by Gasteiger charge is 2.25. The molecular weight excluding hydrogens is 108 g/mol. The van der Waals surface area contributed by atoms with E-state index in [1.165, 1.54) is 0 Å². The highest BCUT2D eigenvalue weighted by Crippen LogP contribution is 1.85. The van der Waals surface area contributed by atoms with E-state index in [0.29, 0.717) is 26.2 Å². The van der Waals surface area contributed by atoms with Crippen LogP contribution in [0.4, 0.5) is 0 Å². The second kappa shape index (κ2) is 1.98. The normalized spacial score (nSPS) is 21.5. The molecule has 0 amide bonds. The number of piperazine rings is 1. The van der Waals surface area contributed by atoms with E-state index in [1.54, 1.807) is 0 Å². The standard InChI is InChI=1S/C4H8N2O2/c7-5-1-2-6(8)4-3-5/h1-4H2/q+2. The number of hydrogen-bond acceptors (Lipinski definition) is 2. The number of hydrogen-bond donors (Lipinski definition) is 0. The van der Waals surface area contributed by atoms with Crippen molar-refractivity contribution in [3.63, 3.8) is 0 Å². The van der Waals surface area contributed by atoms with E-state index in [2.05, 4.69) is 0 Å². The average molecular weight is 116 g/mol. The Bertz CT molecular complexity index is 104. The second-order valence-electron chi connectivity index (χ2n) is 1.86. The van der Waals surface area contributed by atoms with Crippen molar-refractivity contribution in [3.8, 4) is 0 Å². The number of nitroso groups, excluding NO2 is 2. The van der Waals surface area contributed by atoms with E-state index >= 15 is 0 Å². The van der Waals surface area contributed by atoms with Crippen molar-refractivity contribution in [2.75, 3.05) is 26.2 Å². The molecule has 1 heterocycles. The SMILES string of the molecule is O=[N+]1CC[N+](=O)CC1. The highest BCUT2D eigenvalue weighted by molar-refractivity contribution is 4.32. The fourth-order valence-corrected chi connectivity index (χ4v) is 0.670. The maximum atomic E-state index is 10.4. The Morgan fingerprint density at radius 3 is 1.25 bits per heavy atom. The molecule has 0 aromatic heterocycles. The van der Waals surface area contributed by atoms with Crippen LogP contribution in [0.15, 0.2) is 0 Å². The summed E-state index contributed by atoms with van der Waals surface area (Å²) < 4.78 is 1.82. The van der Waals surface area contributed by atoms with Crippen LogP contribution in [0.25, 0.3) is 0 Å². The van der Waals surface area contributed by atoms with Crippen molar-refractivity contribution >= 4 is 0 Å². The molecule has 1 aliphatic heterocycles. The van der Waals surface area contributed by atoms with Crippen molar-refractivity contribution in [2.45, 2.75) is 0 Å². The summed E-state index contributed by atoms with van der Waals surface area (Å²) in [6.07, 6.45) is 0. The van der Waals surface area contributed by atoms with Crippen molar-refractivity contribution < 1.29 is 9.52 Å². The molecule has 1 fully saturated rings. The summed E-state index contributed by atoms with van der Waals surface area (Å²) in [5.74, 6) is 0. The Balaban J connectivity index is 2.40. The molecule has 0 aromatic carbocycles. The first-order valence-corrected chi connectivity index (χ1v) is 2.63. The van der Waals surface area contributed by atoms with Gasteiger partial charge in [0.25, 0.3) is 26.2 Å². The predicted octanol–water partition coefficient (Wildman–Crippen LogP) is -0.442. The van der Waals surface area contributed by atoms with Crippen LogP contribution >= 0.6 is 0 Å². The van der Waals surface area contributed by atoms with E-state index in [9.17, 15) is 9.81 Å². The summed E-state index contributed by atoms with van der Waals surface area (Å²) in [6.45, 7) is 1.46. The van der Waals surface area contributed by atoms with E-state index in [-0.39, 0.29) is 0 Å². The summed E-state index contributed by atoms with van der Waals surface area (Å²) >= 11 is 0. The zero-order valence-corrected chi connectivity index (χ0v) is 4.54. The fourth-order valence-electron chi connectivity index (χ4n) is 0.670. The molecule has 1 aliphatic rings. The molecule has 0 unspecified atom stereocenters. The summed E-state index contributed by atoms with van der Waals surface area (Å²) in [4.78, 5) is 20.7. The van der Waals surface area contributed by atoms with Gasteiger partial charge in [-0.1, -0.05) is 0 Å². The molecular formula is C4H8N2O2+2. The third-order valence-corrected chi connectivity index (χ3v) is 1.20. The van der Waals surface area contributed by atoms with E-state index in [1.807, 2.05) is 0 Å². The van der Waals surface area contributed by atoms with E-state index in [0.717, 1.165) is 9.52 Å². The Labute approximate surface area is 46.6 Å². The van der Waals surface area contributed by atoms with Gasteiger partial charge in [0.1, 0.15) is 0 Å². The van der Waals surface area contributed by atoms with Crippen molar-refractivity contribution in [2.24, 2.45) is 0 Å². The highest BCUT2D eigenvalue weighted by atomic mass is 16.3. The van der Waals surface area contributed by atoms with Gasteiger partial charge in [-0.25, -0.2) is 0 Å². The molecule has 1 rings (SSSR count). The van der Waals surface area contributed by atoms with Gasteiger partial charge in [0.15, 0.2) is 0 Å². The third kappa shape index (κ3) is 1.08. The van der Waals surface area contributed by atoms with Gasteiger partial charge in [0, 0.05) is 19.3 Å². The minimum atomic E-state index is 0.365. The van der Waals surface area contributed by atoms with Crippen LogP contribution in [-0.4, -0.2) is 35.7 Å². The molecule has 0 radical (unpaired) electrons. The molecule has 0 bridgehead atoms. The van der Waals surface area contributed by atoms with Crippen molar-refractivity contribution in [3.05, 3.63) is 9.81 Å². The largest absolute Gasteiger partial charge is 0.254 e. The van der Waals surface area contributed by atoms with Gasteiger partial charge in [-0.15, -0.1) is 0 Å². The predicted molar refractivity (Wildman–Crippen MR) is 26.7 cm³/mol. The Morgan fingerprint density at radius 2 is 1.00 bits per heavy atom. The van der Waals surface area contributed by atoms with Crippen molar-refractivity contribution in [1.82, 2.24) is 0 Å². The van der Waals surface area contributed by atoms with Gasteiger partial charge in [-0.3, -0.25) is 0 Å². The molecule has 1 saturated heterocycles. The summed E-state index contributed by atoms with van der Waals surface area (Å²) in [7, 11) is 0. The summed E-state index contributed by atoms with van der Waals surface area (Å²) in [5.41, 5.74) is 0. The third-order valence-electron chi connectivity index (χ3n) is 1.20. The van der Waals surface area contributed by atoms with E-state index in [4.69, 9.17) is 0 Å². The summed E-state index contributed by atoms with van der Waals surface area (Å²) in [6, 6.07) is 0. The van der Waals surface area contributed by atoms with Gasteiger partial charge >= 0.3 is 0 Å². The van der Waals surface area contributed by atoms with Crippen LogP contribution in [-0.2, 0) is 0 Å². The van der Waals surface area contributed by atoms with Crippen LogP contribution in [0.2, 0.25) is 0 Å². The fraction of sp³-hybridized carbons (Fsp3) is 1.00. The second-order valence-corrected chi connectivity index (χ2v) is 1.86. The van der Waals surface area contributed by atoms with Gasteiger partial charge in [0.2, 0.25) is 0 Å². The molecule has 4 nitrogen and oxygen atoms in total. The van der Waals surface area contributed by atoms with Crippen LogP contribution in [0.3, 0.4) is 0 Å². The lowest BCUT2D eigenvalue weighted by Crippen LogP contribution is -2.33. The van der Waals surface area contributed by atoms with Crippen LogP contribution in [0, 0.1) is 9.81 Å². The maximum absolute atomic E-state index is 10.4. The lowest BCUT2D eigenvalue weighted by Gasteiger charge is -1.93. The first kappa shape index (κ1) is 5.34. The maximum Gasteiger partial charge on any atom is 0.254 e. The minimum Gasteiger partial charge on any atom is 0.0116 e. The quantitative estimate of drug-likeness (QED) is 0.402. The van der Waals surface area contributed by atoms with Crippen LogP contribution in [0.1, 0.15) is 0 Å². The molecule has 0 aliphatic carbocycles. The van der Waals surface area contributed by atoms with Gasteiger partial charge < -0.3 is 0 Å². The van der Waals surface area contributed by atoms with Crippen molar-refractivity contribution in [1.29, 1.82) is 0 Å². The molecule has 0 atom stereocenters. The Hall–Kier alpha value is -0.800. The van der Waals surface area contributed by atoms with Crippen LogP contribution in [0.5, 0.6) is 0 Å². The molecule has 0 saturated carbocycles. The molecule has 4 heteroatoms. The topological polar surface area (TPSA) is 40.2 Å². The minimum absolute atomic E-state index is 0.365. The smallest absolute Gasteiger partial charge is 0.0116 e. The lowest BCUT2D eigenvalue weighted by atomic mass is 10.4. The molecule has 0 aromatic rings. The zero-order valence-electron chi connectivity index (χ0n) is 4.54. The zero-order chi connectivity index (χ0) is 5.98. The first-order chi connectivity index (χ1) is 3.79. The van der Waals surface area contributed by atoms with E-state index < -0.39 is 0 Å². The summed E-state index contributed by atoms with van der Waals surface area (Å²) in [5, 5.41) is 0. The number of nitrogens with zero attached hydrogens (tertiary/aromatic N) is 2. The van der Waals surface area contributed by atoms with Gasteiger partial charge in [-0.2, -0.15) is 0 Å². The Kier molecular flexibility index (Phi) is 1.32. The van der Waals surface area contributed by atoms with Gasteiger partial charge in [-0.05, 0) is 0 Å². The number of rotatable bonds is 0. The molecule has 0 spiro atoms.